The highest BCUT2D eigenvalue weighted by molar-refractivity contribution is 7.89. The van der Waals surface area contributed by atoms with Crippen molar-refractivity contribution in [3.8, 4) is 11.3 Å². The first-order valence-electron chi connectivity index (χ1n) is 7.46. The van der Waals surface area contributed by atoms with Gasteiger partial charge in [-0.3, -0.25) is 0 Å². The van der Waals surface area contributed by atoms with E-state index in [-0.39, 0.29) is 0 Å². The summed E-state index contributed by atoms with van der Waals surface area (Å²) in [6.45, 7) is 8.87. The summed E-state index contributed by atoms with van der Waals surface area (Å²) in [5, 5.41) is 3.11. The van der Waals surface area contributed by atoms with E-state index in [1.54, 1.807) is 23.5 Å². The van der Waals surface area contributed by atoms with Crippen molar-refractivity contribution in [3.05, 3.63) is 34.7 Å². The average Bonchev–Trinajstić information content (AvgIpc) is 2.98. The van der Waals surface area contributed by atoms with E-state index in [2.05, 4.69) is 18.8 Å². The molecule has 120 valence electrons. The summed E-state index contributed by atoms with van der Waals surface area (Å²) in [5.74, 6) is 0.404. The first kappa shape index (κ1) is 17.1. The Kier molecular flexibility index (Phi) is 5.36. The lowest BCUT2D eigenvalue weighted by molar-refractivity contribution is 0.445. The second-order valence-corrected chi connectivity index (χ2v) is 8.17. The third-order valence-corrected chi connectivity index (χ3v) is 6.72. The van der Waals surface area contributed by atoms with E-state index < -0.39 is 10.0 Å². The van der Waals surface area contributed by atoms with Crippen LogP contribution in [0.2, 0.25) is 0 Å². The van der Waals surface area contributed by atoms with Crippen molar-refractivity contribution >= 4 is 21.4 Å². The molecule has 0 amide bonds. The lowest BCUT2D eigenvalue weighted by Crippen LogP contribution is -2.30. The molecule has 1 aromatic carbocycles. The van der Waals surface area contributed by atoms with Crippen LogP contribution in [0.4, 0.5) is 0 Å². The molecule has 0 radical (unpaired) electrons. The summed E-state index contributed by atoms with van der Waals surface area (Å²) in [7, 11) is -3.39. The molecule has 4 nitrogen and oxygen atoms in total. The Morgan fingerprint density at radius 1 is 1.14 bits per heavy atom. The molecule has 0 aliphatic carbocycles. The molecule has 1 aromatic heterocycles. The number of hydrogen-bond acceptors (Lipinski definition) is 4. The second kappa shape index (κ2) is 6.89. The normalized spacial score (nSPS) is 12.3. The maximum Gasteiger partial charge on any atom is 0.243 e. The van der Waals surface area contributed by atoms with E-state index in [0.29, 0.717) is 23.9 Å². The van der Waals surface area contributed by atoms with Gasteiger partial charge in [-0.15, -0.1) is 11.3 Å². The lowest BCUT2D eigenvalue weighted by atomic mass is 10.2. The van der Waals surface area contributed by atoms with Gasteiger partial charge >= 0.3 is 0 Å². The molecule has 6 heteroatoms. The van der Waals surface area contributed by atoms with Gasteiger partial charge in [-0.2, -0.15) is 4.31 Å². The maximum atomic E-state index is 12.4. The number of nitrogens with zero attached hydrogens (tertiary/aromatic N) is 2. The molecular weight excluding hydrogens is 316 g/mol. The van der Waals surface area contributed by atoms with Gasteiger partial charge in [0.2, 0.25) is 10.0 Å². The predicted molar refractivity (Wildman–Crippen MR) is 91.7 cm³/mol. The summed E-state index contributed by atoms with van der Waals surface area (Å²) in [6, 6.07) is 6.99. The van der Waals surface area contributed by atoms with Crippen LogP contribution in [0.25, 0.3) is 11.3 Å². The van der Waals surface area contributed by atoms with Crippen molar-refractivity contribution in [2.24, 2.45) is 0 Å². The minimum atomic E-state index is -3.39. The Morgan fingerprint density at radius 2 is 1.73 bits per heavy atom. The van der Waals surface area contributed by atoms with Crippen molar-refractivity contribution in [2.75, 3.05) is 13.1 Å². The molecule has 0 fully saturated rings. The van der Waals surface area contributed by atoms with Crippen LogP contribution in [0.1, 0.15) is 38.6 Å². The van der Waals surface area contributed by atoms with Crippen molar-refractivity contribution in [2.45, 2.75) is 38.5 Å². The molecule has 0 saturated carbocycles. The van der Waals surface area contributed by atoms with Crippen molar-refractivity contribution in [3.63, 3.8) is 0 Å². The van der Waals surface area contributed by atoms with Crippen LogP contribution in [0.3, 0.4) is 0 Å². The van der Waals surface area contributed by atoms with Gasteiger partial charge in [-0.1, -0.05) is 39.8 Å². The van der Waals surface area contributed by atoms with E-state index in [1.165, 1.54) is 4.31 Å². The van der Waals surface area contributed by atoms with E-state index in [4.69, 9.17) is 0 Å². The Hall–Kier alpha value is -1.24. The average molecular weight is 338 g/mol. The standard InChI is InChI=1S/C16H22N2O2S2/c1-5-18(6-2)22(19,20)14-9-7-13(8-10-14)15-11-21-16(17-15)12(3)4/h7-12H,5-6H2,1-4H3. The fraction of sp³-hybridized carbons (Fsp3) is 0.438. The second-order valence-electron chi connectivity index (χ2n) is 5.34. The fourth-order valence-electron chi connectivity index (χ4n) is 2.20. The van der Waals surface area contributed by atoms with Crippen LogP contribution in [0, 0.1) is 0 Å². The van der Waals surface area contributed by atoms with Gasteiger partial charge in [-0.25, -0.2) is 13.4 Å². The Morgan fingerprint density at radius 3 is 2.18 bits per heavy atom. The Balaban J connectivity index is 2.30. The molecule has 0 N–H and O–H groups in total. The maximum absolute atomic E-state index is 12.4. The smallest absolute Gasteiger partial charge is 0.241 e. The minimum Gasteiger partial charge on any atom is -0.241 e. The van der Waals surface area contributed by atoms with Gasteiger partial charge in [0.1, 0.15) is 0 Å². The van der Waals surface area contributed by atoms with Crippen molar-refractivity contribution in [1.82, 2.24) is 9.29 Å². The molecule has 0 unspecified atom stereocenters. The Bertz CT molecular complexity index is 715. The molecule has 0 atom stereocenters. The summed E-state index contributed by atoms with van der Waals surface area (Å²) in [5.41, 5.74) is 1.85. The van der Waals surface area contributed by atoms with Crippen LogP contribution >= 0.6 is 11.3 Å². The molecule has 0 bridgehead atoms. The third-order valence-electron chi connectivity index (χ3n) is 3.51. The van der Waals surface area contributed by atoms with Crippen LogP contribution < -0.4 is 0 Å². The lowest BCUT2D eigenvalue weighted by Gasteiger charge is -2.18. The molecule has 2 rings (SSSR count). The van der Waals surface area contributed by atoms with Gasteiger partial charge in [0.25, 0.3) is 0 Å². The minimum absolute atomic E-state index is 0.333. The van der Waals surface area contributed by atoms with Crippen LogP contribution in [-0.4, -0.2) is 30.8 Å². The third kappa shape index (κ3) is 3.39. The van der Waals surface area contributed by atoms with Crippen LogP contribution in [-0.2, 0) is 10.0 Å². The van der Waals surface area contributed by atoms with Crippen LogP contribution in [0.5, 0.6) is 0 Å². The monoisotopic (exact) mass is 338 g/mol. The summed E-state index contributed by atoms with van der Waals surface area (Å²) < 4.78 is 26.4. The number of sulfonamides is 1. The Labute approximate surface area is 136 Å². The van der Waals surface area contributed by atoms with E-state index >= 15 is 0 Å². The zero-order valence-corrected chi connectivity index (χ0v) is 15.0. The molecule has 1 heterocycles. The highest BCUT2D eigenvalue weighted by atomic mass is 32.2. The van der Waals surface area contributed by atoms with Gasteiger partial charge in [0.15, 0.2) is 0 Å². The number of benzene rings is 1. The zero-order valence-electron chi connectivity index (χ0n) is 13.4. The number of thiazole rings is 1. The molecule has 22 heavy (non-hydrogen) atoms. The summed E-state index contributed by atoms with van der Waals surface area (Å²) >= 11 is 1.64. The SMILES string of the molecule is CCN(CC)S(=O)(=O)c1ccc(-c2csc(C(C)C)n2)cc1. The fourth-order valence-corrected chi connectivity index (χ4v) is 4.50. The summed E-state index contributed by atoms with van der Waals surface area (Å²) in [6.07, 6.45) is 0. The van der Waals surface area contributed by atoms with Gasteiger partial charge in [-0.05, 0) is 12.1 Å². The molecule has 0 spiro atoms. The predicted octanol–water partition coefficient (Wildman–Crippen LogP) is 3.96. The number of hydrogen-bond donors (Lipinski definition) is 0. The van der Waals surface area contributed by atoms with Crippen molar-refractivity contribution in [1.29, 1.82) is 0 Å². The first-order valence-corrected chi connectivity index (χ1v) is 9.78. The quantitative estimate of drug-likeness (QED) is 0.801. The molecule has 0 aliphatic heterocycles. The largest absolute Gasteiger partial charge is 0.243 e. The van der Waals surface area contributed by atoms with Crippen molar-refractivity contribution < 1.29 is 8.42 Å². The molecule has 0 saturated heterocycles. The number of aromatic nitrogens is 1. The number of rotatable bonds is 6. The van der Waals surface area contributed by atoms with Gasteiger partial charge in [0.05, 0.1) is 15.6 Å². The summed E-state index contributed by atoms with van der Waals surface area (Å²) in [4.78, 5) is 4.93. The first-order chi connectivity index (χ1) is 10.4. The molecule has 2 aromatic rings. The molecule has 0 aliphatic rings. The van der Waals surface area contributed by atoms with E-state index in [9.17, 15) is 8.42 Å². The highest BCUT2D eigenvalue weighted by Crippen LogP contribution is 2.27. The topological polar surface area (TPSA) is 50.3 Å². The zero-order chi connectivity index (χ0) is 16.3. The van der Waals surface area contributed by atoms with Gasteiger partial charge < -0.3 is 0 Å². The van der Waals surface area contributed by atoms with Crippen LogP contribution in [0.15, 0.2) is 34.5 Å². The van der Waals surface area contributed by atoms with Gasteiger partial charge in [0, 0.05) is 30.0 Å². The van der Waals surface area contributed by atoms with E-state index in [0.717, 1.165) is 16.3 Å². The highest BCUT2D eigenvalue weighted by Gasteiger charge is 2.21. The molecular formula is C16H22N2O2S2. The van der Waals surface area contributed by atoms with E-state index in [1.807, 2.05) is 31.4 Å².